The first kappa shape index (κ1) is 21.6. The van der Waals surface area contributed by atoms with Gasteiger partial charge in [0.2, 0.25) is 5.88 Å². The number of ether oxygens (including phenoxy) is 2. The Hall–Kier alpha value is -2.67. The predicted octanol–water partition coefficient (Wildman–Crippen LogP) is 3.50. The summed E-state index contributed by atoms with van der Waals surface area (Å²) in [5, 5.41) is 22.7. The van der Waals surface area contributed by atoms with Gasteiger partial charge < -0.3 is 24.6 Å². The molecule has 1 aliphatic heterocycles. The second-order valence-corrected chi connectivity index (χ2v) is 8.57. The lowest BCUT2D eigenvalue weighted by Gasteiger charge is -2.36. The summed E-state index contributed by atoms with van der Waals surface area (Å²) in [6.07, 6.45) is 2.63. The van der Waals surface area contributed by atoms with Crippen LogP contribution in [0.25, 0.3) is 21.9 Å². The SMILES string of the molecule is COc1cc(-c2ccc3ccc(OCC(O)CN4CCC(C)(O)CC4)cc3c2)ccn1. The van der Waals surface area contributed by atoms with Crippen LogP contribution in [-0.2, 0) is 0 Å². The molecule has 0 aliphatic carbocycles. The van der Waals surface area contributed by atoms with Crippen molar-refractivity contribution < 1.29 is 19.7 Å². The van der Waals surface area contributed by atoms with E-state index in [0.29, 0.717) is 12.4 Å². The van der Waals surface area contributed by atoms with E-state index in [1.165, 1.54) is 0 Å². The molecule has 1 atom stereocenters. The van der Waals surface area contributed by atoms with Crippen LogP contribution in [0.3, 0.4) is 0 Å². The van der Waals surface area contributed by atoms with Gasteiger partial charge in [0, 0.05) is 31.9 Å². The number of likely N-dealkylation sites (tertiary alicyclic amines) is 1. The van der Waals surface area contributed by atoms with Crippen LogP contribution in [0, 0.1) is 0 Å². The first-order valence-electron chi connectivity index (χ1n) is 10.7. The molecule has 1 fully saturated rings. The van der Waals surface area contributed by atoms with E-state index in [-0.39, 0.29) is 6.61 Å². The van der Waals surface area contributed by atoms with Crippen molar-refractivity contribution in [1.29, 1.82) is 0 Å². The minimum absolute atomic E-state index is 0.236. The predicted molar refractivity (Wildman–Crippen MR) is 122 cm³/mol. The highest BCUT2D eigenvalue weighted by Gasteiger charge is 2.28. The number of pyridine rings is 1. The van der Waals surface area contributed by atoms with E-state index in [4.69, 9.17) is 9.47 Å². The number of aliphatic hydroxyl groups excluding tert-OH is 1. The third kappa shape index (κ3) is 5.53. The third-order valence-corrected chi connectivity index (χ3v) is 5.93. The number of aliphatic hydroxyl groups is 2. The lowest BCUT2D eigenvalue weighted by Crippen LogP contribution is -2.45. The fourth-order valence-corrected chi connectivity index (χ4v) is 3.96. The molecular weight excluding hydrogens is 392 g/mol. The van der Waals surface area contributed by atoms with Crippen LogP contribution in [0.2, 0.25) is 0 Å². The summed E-state index contributed by atoms with van der Waals surface area (Å²) in [4.78, 5) is 6.35. The molecular formula is C25H30N2O4. The molecule has 4 rings (SSSR count). The van der Waals surface area contributed by atoms with Crippen LogP contribution >= 0.6 is 0 Å². The number of nitrogens with zero attached hydrogens (tertiary/aromatic N) is 2. The Balaban J connectivity index is 1.40. The Kier molecular flexibility index (Phi) is 6.41. The van der Waals surface area contributed by atoms with E-state index >= 15 is 0 Å². The van der Waals surface area contributed by atoms with Gasteiger partial charge in [-0.2, -0.15) is 0 Å². The zero-order valence-electron chi connectivity index (χ0n) is 18.1. The highest BCUT2D eigenvalue weighted by molar-refractivity contribution is 5.88. The Morgan fingerprint density at radius 1 is 1.03 bits per heavy atom. The number of benzene rings is 2. The fourth-order valence-electron chi connectivity index (χ4n) is 3.96. The van der Waals surface area contributed by atoms with Gasteiger partial charge in [-0.05, 0) is 65.9 Å². The van der Waals surface area contributed by atoms with Crippen molar-refractivity contribution in [2.75, 3.05) is 33.4 Å². The van der Waals surface area contributed by atoms with E-state index in [0.717, 1.165) is 53.6 Å². The second kappa shape index (κ2) is 9.22. The van der Waals surface area contributed by atoms with Gasteiger partial charge >= 0.3 is 0 Å². The number of β-amino-alcohol motifs (C(OH)–C–C–N with tert-alkyl or cyclic N) is 1. The summed E-state index contributed by atoms with van der Waals surface area (Å²) in [6, 6.07) is 16.1. The number of fused-ring (bicyclic) bond motifs is 1. The molecule has 1 aromatic heterocycles. The van der Waals surface area contributed by atoms with Gasteiger partial charge in [-0.25, -0.2) is 4.98 Å². The van der Waals surface area contributed by atoms with E-state index in [1.807, 2.05) is 37.3 Å². The zero-order valence-corrected chi connectivity index (χ0v) is 18.1. The highest BCUT2D eigenvalue weighted by atomic mass is 16.5. The second-order valence-electron chi connectivity index (χ2n) is 8.57. The Morgan fingerprint density at radius 2 is 1.77 bits per heavy atom. The minimum Gasteiger partial charge on any atom is -0.491 e. The van der Waals surface area contributed by atoms with Crippen LogP contribution in [0.4, 0.5) is 0 Å². The normalized spacial score (nSPS) is 17.4. The number of rotatable bonds is 7. The van der Waals surface area contributed by atoms with Gasteiger partial charge in [-0.3, -0.25) is 0 Å². The summed E-state index contributed by atoms with van der Waals surface area (Å²) >= 11 is 0. The Morgan fingerprint density at radius 3 is 2.55 bits per heavy atom. The van der Waals surface area contributed by atoms with Gasteiger partial charge in [-0.1, -0.05) is 18.2 Å². The molecule has 2 heterocycles. The minimum atomic E-state index is -0.580. The molecule has 0 radical (unpaired) electrons. The van der Waals surface area contributed by atoms with Crippen LogP contribution in [0.5, 0.6) is 11.6 Å². The molecule has 6 heteroatoms. The van der Waals surface area contributed by atoms with Gasteiger partial charge in [0.05, 0.1) is 12.7 Å². The third-order valence-electron chi connectivity index (χ3n) is 5.93. The Labute approximate surface area is 183 Å². The molecule has 31 heavy (non-hydrogen) atoms. The van der Waals surface area contributed by atoms with Gasteiger partial charge in [0.15, 0.2) is 0 Å². The van der Waals surface area contributed by atoms with Crippen molar-refractivity contribution in [3.05, 3.63) is 54.7 Å². The lowest BCUT2D eigenvalue weighted by atomic mass is 9.94. The molecule has 0 amide bonds. The standard InChI is InChI=1S/C25H30N2O4/c1-25(29)8-11-27(12-9-25)16-22(28)17-31-23-6-5-18-3-4-19(13-21(18)14-23)20-7-10-26-24(15-20)30-2/h3-7,10,13-15,22,28-29H,8-9,11-12,16-17H2,1-2H3. The number of aromatic nitrogens is 1. The largest absolute Gasteiger partial charge is 0.491 e. The molecule has 2 aromatic carbocycles. The lowest BCUT2D eigenvalue weighted by molar-refractivity contribution is -0.0201. The molecule has 1 saturated heterocycles. The van der Waals surface area contributed by atoms with Crippen LogP contribution < -0.4 is 9.47 Å². The maximum absolute atomic E-state index is 10.4. The number of piperidine rings is 1. The van der Waals surface area contributed by atoms with Crippen LogP contribution in [0.15, 0.2) is 54.7 Å². The molecule has 6 nitrogen and oxygen atoms in total. The highest BCUT2D eigenvalue weighted by Crippen LogP contribution is 2.28. The molecule has 164 valence electrons. The molecule has 1 aliphatic rings. The average molecular weight is 423 g/mol. The monoisotopic (exact) mass is 422 g/mol. The molecule has 0 spiro atoms. The first-order chi connectivity index (χ1) is 14.9. The van der Waals surface area contributed by atoms with Crippen molar-refractivity contribution in [1.82, 2.24) is 9.88 Å². The number of methoxy groups -OCH3 is 1. The topological polar surface area (TPSA) is 75.0 Å². The maximum Gasteiger partial charge on any atom is 0.213 e. The maximum atomic E-state index is 10.4. The zero-order chi connectivity index (χ0) is 21.8. The average Bonchev–Trinajstić information content (AvgIpc) is 2.78. The molecule has 0 bridgehead atoms. The molecule has 0 saturated carbocycles. The van der Waals surface area contributed by atoms with E-state index in [9.17, 15) is 10.2 Å². The number of hydrogen-bond acceptors (Lipinski definition) is 6. The van der Waals surface area contributed by atoms with Gasteiger partial charge in [-0.15, -0.1) is 0 Å². The van der Waals surface area contributed by atoms with Gasteiger partial charge in [0.1, 0.15) is 18.5 Å². The summed E-state index contributed by atoms with van der Waals surface area (Å²) in [5.74, 6) is 1.32. The van der Waals surface area contributed by atoms with E-state index < -0.39 is 11.7 Å². The molecule has 2 N–H and O–H groups in total. The summed E-state index contributed by atoms with van der Waals surface area (Å²) in [6.45, 7) is 4.25. The summed E-state index contributed by atoms with van der Waals surface area (Å²) in [7, 11) is 1.61. The van der Waals surface area contributed by atoms with Crippen LogP contribution in [-0.4, -0.2) is 65.2 Å². The van der Waals surface area contributed by atoms with Crippen molar-refractivity contribution in [3.63, 3.8) is 0 Å². The quantitative estimate of drug-likeness (QED) is 0.607. The first-order valence-corrected chi connectivity index (χ1v) is 10.7. The molecule has 1 unspecified atom stereocenters. The Bertz CT molecular complexity index is 1030. The van der Waals surface area contributed by atoms with Crippen LogP contribution in [0.1, 0.15) is 19.8 Å². The molecule has 3 aromatic rings. The number of hydrogen-bond donors (Lipinski definition) is 2. The smallest absolute Gasteiger partial charge is 0.213 e. The summed E-state index contributed by atoms with van der Waals surface area (Å²) in [5.41, 5.74) is 1.53. The van der Waals surface area contributed by atoms with E-state index in [1.54, 1.807) is 13.3 Å². The fraction of sp³-hybridized carbons (Fsp3) is 0.400. The van der Waals surface area contributed by atoms with Gasteiger partial charge in [0.25, 0.3) is 0 Å². The van der Waals surface area contributed by atoms with Crippen molar-refractivity contribution in [2.24, 2.45) is 0 Å². The van der Waals surface area contributed by atoms with Crippen molar-refractivity contribution in [2.45, 2.75) is 31.5 Å². The van der Waals surface area contributed by atoms with E-state index in [2.05, 4.69) is 28.1 Å². The van der Waals surface area contributed by atoms with Crippen molar-refractivity contribution >= 4 is 10.8 Å². The van der Waals surface area contributed by atoms with Crippen molar-refractivity contribution in [3.8, 4) is 22.8 Å². The summed E-state index contributed by atoms with van der Waals surface area (Å²) < 4.78 is 11.1.